The first-order valence-corrected chi connectivity index (χ1v) is 11.1. The third-order valence-electron chi connectivity index (χ3n) is 4.25. The molecule has 1 aromatic heterocycles. The lowest BCUT2D eigenvalue weighted by Gasteiger charge is -2.29. The van der Waals surface area contributed by atoms with Gasteiger partial charge in [-0.25, -0.2) is 4.79 Å². The van der Waals surface area contributed by atoms with Crippen LogP contribution in [0.5, 0.6) is 5.06 Å². The molecule has 30 heavy (non-hydrogen) atoms. The van der Waals surface area contributed by atoms with Crippen LogP contribution in [0.2, 0.25) is 5.02 Å². The van der Waals surface area contributed by atoms with E-state index in [0.717, 1.165) is 22.6 Å². The van der Waals surface area contributed by atoms with Gasteiger partial charge >= 0.3 is 6.09 Å². The second-order valence-electron chi connectivity index (χ2n) is 6.36. The van der Waals surface area contributed by atoms with Gasteiger partial charge < -0.3 is 29.7 Å². The summed E-state index contributed by atoms with van der Waals surface area (Å²) in [6.45, 7) is 2.80. The zero-order chi connectivity index (χ0) is 21.5. The molecular weight excluding hydrogens is 498 g/mol. The molecule has 0 bridgehead atoms. The predicted octanol–water partition coefficient (Wildman–Crippen LogP) is 3.74. The van der Waals surface area contributed by atoms with Crippen LogP contribution >= 0.6 is 38.9 Å². The summed E-state index contributed by atoms with van der Waals surface area (Å²) in [5, 5.41) is 6.19. The number of ether oxygens (including phenoxy) is 3. The van der Waals surface area contributed by atoms with Gasteiger partial charge in [0.15, 0.2) is 5.06 Å². The van der Waals surface area contributed by atoms with Crippen molar-refractivity contribution in [2.45, 2.75) is 6.04 Å². The third kappa shape index (κ3) is 6.32. The topological polar surface area (TPSA) is 89.1 Å². The molecule has 1 atom stereocenters. The summed E-state index contributed by atoms with van der Waals surface area (Å²) in [4.78, 5) is 26.9. The fourth-order valence-corrected chi connectivity index (χ4v) is 4.33. The van der Waals surface area contributed by atoms with E-state index >= 15 is 0 Å². The lowest BCUT2D eigenvalue weighted by Crippen LogP contribution is -2.47. The van der Waals surface area contributed by atoms with Crippen molar-refractivity contribution < 1.29 is 23.8 Å². The highest BCUT2D eigenvalue weighted by atomic mass is 79.9. The van der Waals surface area contributed by atoms with Crippen LogP contribution in [0, 0.1) is 0 Å². The fraction of sp³-hybridized carbons (Fsp3) is 0.368. The van der Waals surface area contributed by atoms with E-state index in [9.17, 15) is 9.59 Å². The Balaban J connectivity index is 1.61. The number of amides is 2. The van der Waals surface area contributed by atoms with Crippen molar-refractivity contribution in [3.63, 3.8) is 0 Å². The second-order valence-corrected chi connectivity index (χ2v) is 9.19. The Hall–Kier alpha value is -1.85. The smallest absolute Gasteiger partial charge is 0.399 e. The van der Waals surface area contributed by atoms with Crippen LogP contribution < -0.4 is 20.3 Å². The van der Waals surface area contributed by atoms with Crippen molar-refractivity contribution in [2.24, 2.45) is 0 Å². The van der Waals surface area contributed by atoms with Crippen molar-refractivity contribution in [3.05, 3.63) is 39.1 Å². The minimum Gasteiger partial charge on any atom is -0.399 e. The van der Waals surface area contributed by atoms with Gasteiger partial charge in [-0.2, -0.15) is 0 Å². The number of carbonyl (C=O) groups is 2. The lowest BCUT2D eigenvalue weighted by atomic mass is 10.2. The van der Waals surface area contributed by atoms with Crippen LogP contribution in [-0.2, 0) is 14.3 Å². The maximum absolute atomic E-state index is 12.7. The molecule has 162 valence electrons. The van der Waals surface area contributed by atoms with E-state index in [0.29, 0.717) is 29.0 Å². The van der Waals surface area contributed by atoms with Gasteiger partial charge in [-0.05, 0) is 46.3 Å². The van der Waals surface area contributed by atoms with Crippen molar-refractivity contribution in [1.29, 1.82) is 0 Å². The van der Waals surface area contributed by atoms with Crippen molar-refractivity contribution >= 4 is 62.2 Å². The summed E-state index contributed by atoms with van der Waals surface area (Å²) in [7, 11) is 1.44. The van der Waals surface area contributed by atoms with Gasteiger partial charge in [0, 0.05) is 25.9 Å². The van der Waals surface area contributed by atoms with E-state index in [1.807, 2.05) is 6.07 Å². The molecule has 1 aliphatic heterocycles. The maximum Gasteiger partial charge on any atom is 0.414 e. The lowest BCUT2D eigenvalue weighted by molar-refractivity contribution is -0.119. The Bertz CT molecular complexity index is 891. The number of rotatable bonds is 7. The summed E-state index contributed by atoms with van der Waals surface area (Å²) in [5.74, 6) is -0.448. The molecule has 2 N–H and O–H groups in total. The number of carbonyl (C=O) groups excluding carboxylic acids is 2. The standard InChI is InChI=1S/C19H21BrClN3O5S/c1-27-11-14(23-19(26)29-17-5-4-16(20)30-17)18(25)22-12-2-3-15(13(21)10-12)24-6-8-28-9-7-24/h2-5,10,14H,6-9,11H2,1H3,(H,22,25)(H,23,26)/t14-/m1/s1. The molecule has 0 unspecified atom stereocenters. The minimum absolute atomic E-state index is 0.0192. The van der Waals surface area contributed by atoms with Crippen LogP contribution in [0.15, 0.2) is 34.1 Å². The van der Waals surface area contributed by atoms with Gasteiger partial charge in [0.25, 0.3) is 0 Å². The SMILES string of the molecule is COC[C@@H](NC(=O)Oc1ccc(Br)s1)C(=O)Nc1ccc(N2CCOCC2)c(Cl)c1. The Morgan fingerprint density at radius 2 is 2.07 bits per heavy atom. The Morgan fingerprint density at radius 3 is 2.70 bits per heavy atom. The molecule has 1 saturated heterocycles. The Labute approximate surface area is 191 Å². The first kappa shape index (κ1) is 22.8. The molecule has 0 radical (unpaired) electrons. The average Bonchev–Trinajstić information content (AvgIpc) is 3.13. The number of nitrogens with one attached hydrogen (secondary N) is 2. The number of morpholine rings is 1. The van der Waals surface area contributed by atoms with Crippen molar-refractivity contribution in [2.75, 3.05) is 50.2 Å². The number of hydrogen-bond donors (Lipinski definition) is 2. The first-order chi connectivity index (χ1) is 14.5. The molecule has 0 aliphatic carbocycles. The molecule has 2 aromatic rings. The average molecular weight is 519 g/mol. The number of nitrogens with zero attached hydrogens (tertiary/aromatic N) is 1. The van der Waals surface area contributed by atoms with Gasteiger partial charge in [0.05, 0.1) is 34.3 Å². The number of thiophene rings is 1. The zero-order valence-electron chi connectivity index (χ0n) is 16.2. The maximum atomic E-state index is 12.7. The van der Waals surface area contributed by atoms with Gasteiger partial charge in [-0.1, -0.05) is 22.9 Å². The monoisotopic (exact) mass is 517 g/mol. The second kappa shape index (κ2) is 11.0. The van der Waals surface area contributed by atoms with E-state index in [2.05, 4.69) is 31.5 Å². The summed E-state index contributed by atoms with van der Waals surface area (Å²) >= 11 is 11.0. The molecule has 2 amide bonds. The van der Waals surface area contributed by atoms with Crippen molar-refractivity contribution in [1.82, 2.24) is 5.32 Å². The predicted molar refractivity (Wildman–Crippen MR) is 120 cm³/mol. The minimum atomic E-state index is -0.941. The highest BCUT2D eigenvalue weighted by Crippen LogP contribution is 2.30. The van der Waals surface area contributed by atoms with Crippen LogP contribution in [0.3, 0.4) is 0 Å². The van der Waals surface area contributed by atoms with E-state index < -0.39 is 18.0 Å². The Kier molecular flexibility index (Phi) is 8.34. The number of anilines is 2. The molecule has 0 saturated carbocycles. The molecule has 1 fully saturated rings. The van der Waals surface area contributed by atoms with E-state index in [4.69, 9.17) is 25.8 Å². The molecular formula is C19H21BrClN3O5S. The van der Waals surface area contributed by atoms with Crippen LogP contribution in [-0.4, -0.2) is 58.1 Å². The normalized spacial score (nSPS) is 14.8. The van der Waals surface area contributed by atoms with E-state index in [1.165, 1.54) is 18.4 Å². The summed E-state index contributed by atoms with van der Waals surface area (Å²) in [6, 6.07) is 7.76. The van der Waals surface area contributed by atoms with Gasteiger partial charge in [-0.15, -0.1) is 0 Å². The molecule has 1 aromatic carbocycles. The highest BCUT2D eigenvalue weighted by molar-refractivity contribution is 9.11. The molecule has 1 aliphatic rings. The molecule has 0 spiro atoms. The summed E-state index contributed by atoms with van der Waals surface area (Å²) in [6.07, 6.45) is -0.748. The molecule has 3 rings (SSSR count). The van der Waals surface area contributed by atoms with Gasteiger partial charge in [0.1, 0.15) is 6.04 Å². The summed E-state index contributed by atoms with van der Waals surface area (Å²) in [5.41, 5.74) is 1.40. The highest BCUT2D eigenvalue weighted by Gasteiger charge is 2.23. The number of benzene rings is 1. The first-order valence-electron chi connectivity index (χ1n) is 9.12. The number of hydrogen-bond acceptors (Lipinski definition) is 7. The van der Waals surface area contributed by atoms with Crippen LogP contribution in [0.4, 0.5) is 16.2 Å². The number of methoxy groups -OCH3 is 1. The van der Waals surface area contributed by atoms with Gasteiger partial charge in [-0.3, -0.25) is 4.79 Å². The van der Waals surface area contributed by atoms with Crippen LogP contribution in [0.1, 0.15) is 0 Å². The Morgan fingerprint density at radius 1 is 1.30 bits per heavy atom. The fourth-order valence-electron chi connectivity index (χ4n) is 2.84. The van der Waals surface area contributed by atoms with Crippen LogP contribution in [0.25, 0.3) is 0 Å². The van der Waals surface area contributed by atoms with Gasteiger partial charge in [0.2, 0.25) is 5.91 Å². The summed E-state index contributed by atoms with van der Waals surface area (Å²) < 4.78 is 16.4. The molecule has 11 heteroatoms. The third-order valence-corrected chi connectivity index (χ3v) is 6.06. The van der Waals surface area contributed by atoms with E-state index in [-0.39, 0.29) is 6.61 Å². The quantitative estimate of drug-likeness (QED) is 0.580. The molecule has 2 heterocycles. The largest absolute Gasteiger partial charge is 0.414 e. The van der Waals surface area contributed by atoms with Crippen molar-refractivity contribution in [3.8, 4) is 5.06 Å². The van der Waals surface area contributed by atoms with E-state index in [1.54, 1.807) is 24.3 Å². The molecule has 8 nitrogen and oxygen atoms in total. The number of halogens is 2. The zero-order valence-corrected chi connectivity index (χ0v) is 19.3.